The van der Waals surface area contributed by atoms with Crippen LogP contribution in [0, 0.1) is 0 Å². The van der Waals surface area contributed by atoms with E-state index in [-0.39, 0.29) is 31.0 Å². The summed E-state index contributed by atoms with van der Waals surface area (Å²) in [5.41, 5.74) is 1.71. The lowest BCUT2D eigenvalue weighted by Crippen LogP contribution is -2.46. The zero-order valence-corrected chi connectivity index (χ0v) is 19.5. The molecule has 10 heteroatoms. The van der Waals surface area contributed by atoms with Gasteiger partial charge in [0.05, 0.1) is 6.04 Å². The van der Waals surface area contributed by atoms with Gasteiger partial charge >= 0.3 is 5.97 Å². The Bertz CT molecular complexity index is 1050. The summed E-state index contributed by atoms with van der Waals surface area (Å²) in [7, 11) is 0. The Morgan fingerprint density at radius 2 is 1.91 bits per heavy atom. The molecule has 1 amide bonds. The molecule has 0 aromatic heterocycles. The number of esters is 1. The normalized spacial score (nSPS) is 21.3. The van der Waals surface area contributed by atoms with Crippen LogP contribution in [0.3, 0.4) is 0 Å². The van der Waals surface area contributed by atoms with Crippen molar-refractivity contribution in [2.24, 2.45) is 0 Å². The third kappa shape index (κ3) is 5.69. The number of carbonyl (C=O) groups is 3. The number of nitrogens with one attached hydrogen (secondary N) is 1. The molecule has 3 atom stereocenters. The van der Waals surface area contributed by atoms with Crippen LogP contribution in [-0.4, -0.2) is 58.4 Å². The minimum atomic E-state index is -0.880. The highest BCUT2D eigenvalue weighted by Gasteiger charge is 2.45. The van der Waals surface area contributed by atoms with Crippen LogP contribution in [0.1, 0.15) is 30.4 Å². The first-order chi connectivity index (χ1) is 16.4. The fourth-order valence-electron chi connectivity index (χ4n) is 4.11. The molecule has 0 spiro atoms. The quantitative estimate of drug-likeness (QED) is 0.543. The van der Waals surface area contributed by atoms with Crippen LogP contribution in [0.2, 0.25) is 0 Å². The maximum atomic E-state index is 12.8. The number of fused-ring (bicyclic) bond motifs is 1. The van der Waals surface area contributed by atoms with Crippen molar-refractivity contribution >= 4 is 28.8 Å². The summed E-state index contributed by atoms with van der Waals surface area (Å²) in [5.74, 6) is 0.269. The molecule has 4 rings (SSSR count). The van der Waals surface area contributed by atoms with Gasteiger partial charge in [0, 0.05) is 18.6 Å². The minimum Gasteiger partial charge on any atom is -0.460 e. The van der Waals surface area contributed by atoms with Gasteiger partial charge in [0.15, 0.2) is 16.6 Å². The number of thioether (sulfide) groups is 1. The molecule has 180 valence electrons. The minimum absolute atomic E-state index is 0.0769. The molecule has 2 aliphatic heterocycles. The van der Waals surface area contributed by atoms with Crippen molar-refractivity contribution in [1.29, 1.82) is 0 Å². The number of rotatable bonds is 8. The number of hydrogen-bond acceptors (Lipinski definition) is 9. The van der Waals surface area contributed by atoms with Crippen LogP contribution < -0.4 is 14.8 Å². The van der Waals surface area contributed by atoms with Crippen molar-refractivity contribution in [3.63, 3.8) is 0 Å². The molecular formula is C24H26N2O7S. The Kier molecular flexibility index (Phi) is 7.71. The highest BCUT2D eigenvalue weighted by atomic mass is 32.2. The summed E-state index contributed by atoms with van der Waals surface area (Å²) >= 11 is 1.09. The molecule has 2 N–H and O–H groups in total. The maximum Gasteiger partial charge on any atom is 0.325 e. The second kappa shape index (κ2) is 10.9. The smallest absolute Gasteiger partial charge is 0.325 e. The van der Waals surface area contributed by atoms with Gasteiger partial charge in [0.2, 0.25) is 12.7 Å². The van der Waals surface area contributed by atoms with E-state index in [0.29, 0.717) is 23.7 Å². The number of carbonyl (C=O) groups excluding carboxylic acids is 3. The highest BCUT2D eigenvalue weighted by Crippen LogP contribution is 2.42. The molecule has 2 aromatic carbocycles. The molecule has 1 saturated heterocycles. The Balaban J connectivity index is 1.39. The fraction of sp³-hybridized carbons (Fsp3) is 0.375. The third-order valence-corrected chi connectivity index (χ3v) is 6.75. The Labute approximate surface area is 201 Å². The zero-order valence-electron chi connectivity index (χ0n) is 18.6. The average molecular weight is 487 g/mol. The molecule has 0 bridgehead atoms. The molecule has 0 saturated carbocycles. The van der Waals surface area contributed by atoms with Gasteiger partial charge in [-0.05, 0) is 29.7 Å². The highest BCUT2D eigenvalue weighted by molar-refractivity contribution is 8.13. The standard InChI is InChI=1S/C24H26N2O7S/c1-15(27)34-13-20-18(17-7-8-21-22(9-17)33-14-32-21)10-19(26(20)30)24(29)25-11-23(28)31-12-16-5-3-2-4-6-16/h2-9,18-20,30H,10-14H2,1H3,(H,25,29). The lowest BCUT2D eigenvalue weighted by Gasteiger charge is -2.25. The summed E-state index contributed by atoms with van der Waals surface area (Å²) in [6.07, 6.45) is 0.310. The topological polar surface area (TPSA) is 114 Å². The van der Waals surface area contributed by atoms with Crippen molar-refractivity contribution < 1.29 is 33.8 Å². The summed E-state index contributed by atoms with van der Waals surface area (Å²) in [6.45, 7) is 1.41. The Morgan fingerprint density at radius 1 is 1.15 bits per heavy atom. The molecule has 3 unspecified atom stereocenters. The van der Waals surface area contributed by atoms with E-state index in [1.165, 1.54) is 6.92 Å². The molecule has 34 heavy (non-hydrogen) atoms. The molecule has 9 nitrogen and oxygen atoms in total. The first-order valence-electron chi connectivity index (χ1n) is 10.9. The largest absolute Gasteiger partial charge is 0.460 e. The van der Waals surface area contributed by atoms with Crippen LogP contribution in [-0.2, 0) is 25.7 Å². The molecule has 0 radical (unpaired) electrons. The lowest BCUT2D eigenvalue weighted by atomic mass is 9.91. The van der Waals surface area contributed by atoms with Crippen molar-refractivity contribution in [3.05, 3.63) is 59.7 Å². The van der Waals surface area contributed by atoms with E-state index in [4.69, 9.17) is 14.2 Å². The number of ether oxygens (including phenoxy) is 3. The van der Waals surface area contributed by atoms with Gasteiger partial charge in [-0.3, -0.25) is 14.4 Å². The summed E-state index contributed by atoms with van der Waals surface area (Å²) < 4.78 is 16.0. The van der Waals surface area contributed by atoms with E-state index < -0.39 is 24.0 Å². The zero-order chi connectivity index (χ0) is 24.1. The monoisotopic (exact) mass is 486 g/mol. The van der Waals surface area contributed by atoms with Gasteiger partial charge in [0.25, 0.3) is 0 Å². The number of amides is 1. The van der Waals surface area contributed by atoms with E-state index >= 15 is 0 Å². The van der Waals surface area contributed by atoms with Crippen molar-refractivity contribution in [3.8, 4) is 11.5 Å². The van der Waals surface area contributed by atoms with Gasteiger partial charge in [-0.1, -0.05) is 48.2 Å². The van der Waals surface area contributed by atoms with Gasteiger partial charge in [-0.15, -0.1) is 0 Å². The van der Waals surface area contributed by atoms with Gasteiger partial charge < -0.3 is 24.7 Å². The fourth-order valence-corrected chi connectivity index (χ4v) is 4.90. The van der Waals surface area contributed by atoms with Crippen LogP contribution in [0.25, 0.3) is 0 Å². The lowest BCUT2D eigenvalue weighted by molar-refractivity contribution is -0.157. The van der Waals surface area contributed by atoms with Crippen molar-refractivity contribution in [2.75, 3.05) is 19.1 Å². The predicted molar refractivity (Wildman–Crippen MR) is 124 cm³/mol. The Morgan fingerprint density at radius 3 is 2.68 bits per heavy atom. The van der Waals surface area contributed by atoms with Crippen LogP contribution >= 0.6 is 11.8 Å². The molecule has 2 aromatic rings. The molecule has 2 heterocycles. The van der Waals surface area contributed by atoms with Gasteiger partial charge in [-0.2, -0.15) is 5.06 Å². The first-order valence-corrected chi connectivity index (χ1v) is 11.9. The molecular weight excluding hydrogens is 460 g/mol. The molecule has 2 aliphatic rings. The number of benzene rings is 2. The van der Waals surface area contributed by atoms with E-state index in [1.807, 2.05) is 42.5 Å². The van der Waals surface area contributed by atoms with E-state index in [2.05, 4.69) is 5.32 Å². The second-order valence-electron chi connectivity index (χ2n) is 8.08. The number of hydrogen-bond donors (Lipinski definition) is 2. The number of nitrogens with zero attached hydrogens (tertiary/aromatic N) is 1. The van der Waals surface area contributed by atoms with E-state index in [0.717, 1.165) is 28.0 Å². The third-order valence-electron chi connectivity index (χ3n) is 5.84. The Hall–Kier alpha value is -3.08. The second-order valence-corrected chi connectivity index (χ2v) is 9.28. The average Bonchev–Trinajstić information content (AvgIpc) is 3.44. The van der Waals surface area contributed by atoms with Crippen LogP contribution in [0.4, 0.5) is 0 Å². The van der Waals surface area contributed by atoms with Crippen molar-refractivity contribution in [2.45, 2.75) is 38.0 Å². The number of hydroxylamine groups is 2. The van der Waals surface area contributed by atoms with Gasteiger partial charge in [-0.25, -0.2) is 0 Å². The molecule has 1 fully saturated rings. The van der Waals surface area contributed by atoms with E-state index in [9.17, 15) is 19.6 Å². The maximum absolute atomic E-state index is 12.8. The van der Waals surface area contributed by atoms with Crippen LogP contribution in [0.5, 0.6) is 11.5 Å². The SMILES string of the molecule is CC(=O)SCC1C(c2ccc3c(c2)OCO3)CC(C(=O)NCC(=O)OCc2ccccc2)N1O. The summed E-state index contributed by atoms with van der Waals surface area (Å²) in [4.78, 5) is 36.5. The van der Waals surface area contributed by atoms with Gasteiger partial charge in [0.1, 0.15) is 19.2 Å². The van der Waals surface area contributed by atoms with E-state index in [1.54, 1.807) is 6.07 Å². The predicted octanol–water partition coefficient (Wildman–Crippen LogP) is 2.47. The first kappa shape index (κ1) is 24.1. The van der Waals surface area contributed by atoms with Crippen molar-refractivity contribution in [1.82, 2.24) is 10.4 Å². The summed E-state index contributed by atoms with van der Waals surface area (Å²) in [6, 6.07) is 13.4. The van der Waals surface area contributed by atoms with Crippen LogP contribution in [0.15, 0.2) is 48.5 Å². The molecule has 0 aliphatic carbocycles. The summed E-state index contributed by atoms with van der Waals surface area (Å²) in [5, 5.41) is 14.3.